The van der Waals surface area contributed by atoms with Crippen LogP contribution in [0.5, 0.6) is 5.75 Å². The number of nitrogens with one attached hydrogen (secondary N) is 1. The van der Waals surface area contributed by atoms with Crippen LogP contribution >= 0.6 is 11.8 Å². The van der Waals surface area contributed by atoms with Gasteiger partial charge in [0.1, 0.15) is 11.3 Å². The van der Waals surface area contributed by atoms with Crippen LogP contribution in [-0.4, -0.2) is 24.3 Å². The van der Waals surface area contributed by atoms with Gasteiger partial charge in [0, 0.05) is 4.90 Å². The summed E-state index contributed by atoms with van der Waals surface area (Å²) in [7, 11) is 1.62. The van der Waals surface area contributed by atoms with Gasteiger partial charge in [0.2, 0.25) is 5.91 Å². The van der Waals surface area contributed by atoms with Crippen LogP contribution in [0.3, 0.4) is 0 Å². The predicted molar refractivity (Wildman–Crippen MR) is 78.7 cm³/mol. The van der Waals surface area contributed by atoms with Crippen molar-refractivity contribution in [3.8, 4) is 11.8 Å². The summed E-state index contributed by atoms with van der Waals surface area (Å²) in [6.45, 7) is 0. The molecule has 0 unspecified atom stereocenters. The van der Waals surface area contributed by atoms with Gasteiger partial charge in [-0.15, -0.1) is 11.8 Å². The molecule has 1 saturated carbocycles. The van der Waals surface area contributed by atoms with E-state index in [1.165, 1.54) is 11.8 Å². The Hall–Kier alpha value is -1.67. The van der Waals surface area contributed by atoms with Crippen LogP contribution in [0.2, 0.25) is 0 Å². The van der Waals surface area contributed by atoms with Crippen molar-refractivity contribution in [2.45, 2.75) is 36.1 Å². The van der Waals surface area contributed by atoms with Gasteiger partial charge in [-0.3, -0.25) is 4.79 Å². The Bertz CT molecular complexity index is 502. The molecule has 106 valence electrons. The van der Waals surface area contributed by atoms with Crippen molar-refractivity contribution in [3.05, 3.63) is 24.3 Å². The lowest BCUT2D eigenvalue weighted by Crippen LogP contribution is -2.45. The lowest BCUT2D eigenvalue weighted by atomic mass is 10.0. The van der Waals surface area contributed by atoms with E-state index in [0.29, 0.717) is 5.75 Å². The Morgan fingerprint density at radius 2 is 2.05 bits per heavy atom. The molecule has 1 fully saturated rings. The highest BCUT2D eigenvalue weighted by Crippen LogP contribution is 2.29. The molecular weight excluding hydrogens is 272 g/mol. The molecule has 0 aliphatic heterocycles. The maximum Gasteiger partial charge on any atom is 0.231 e. The number of carbonyl (C=O) groups excluding carboxylic acids is 1. The van der Waals surface area contributed by atoms with Gasteiger partial charge >= 0.3 is 0 Å². The fourth-order valence-corrected chi connectivity index (χ4v) is 3.07. The van der Waals surface area contributed by atoms with Gasteiger partial charge in [-0.05, 0) is 49.9 Å². The molecule has 1 aliphatic carbocycles. The molecule has 1 N–H and O–H groups in total. The number of benzene rings is 1. The Kier molecular flexibility index (Phi) is 4.91. The van der Waals surface area contributed by atoms with E-state index in [1.54, 1.807) is 7.11 Å². The molecule has 0 atom stereocenters. The minimum absolute atomic E-state index is 0.0748. The maximum absolute atomic E-state index is 12.0. The first-order valence-corrected chi connectivity index (χ1v) is 7.65. The van der Waals surface area contributed by atoms with Crippen molar-refractivity contribution in [2.24, 2.45) is 0 Å². The first-order valence-electron chi connectivity index (χ1n) is 6.66. The fourth-order valence-electron chi connectivity index (χ4n) is 2.37. The summed E-state index contributed by atoms with van der Waals surface area (Å²) in [6.07, 6.45) is 3.56. The van der Waals surface area contributed by atoms with Gasteiger partial charge in [-0.2, -0.15) is 5.26 Å². The van der Waals surface area contributed by atoms with Crippen molar-refractivity contribution in [3.63, 3.8) is 0 Å². The summed E-state index contributed by atoms with van der Waals surface area (Å²) in [4.78, 5) is 13.0. The van der Waals surface area contributed by atoms with E-state index in [9.17, 15) is 10.1 Å². The first kappa shape index (κ1) is 14.7. The minimum Gasteiger partial charge on any atom is -0.497 e. The molecule has 1 amide bonds. The number of amides is 1. The summed E-state index contributed by atoms with van der Waals surface area (Å²) >= 11 is 1.46. The van der Waals surface area contributed by atoms with Gasteiger partial charge in [0.05, 0.1) is 18.9 Å². The molecule has 5 heteroatoms. The van der Waals surface area contributed by atoms with Gasteiger partial charge in [0.25, 0.3) is 0 Å². The number of rotatable bonds is 5. The van der Waals surface area contributed by atoms with Gasteiger partial charge in [-0.25, -0.2) is 0 Å². The third-order valence-electron chi connectivity index (χ3n) is 3.48. The second-order valence-corrected chi connectivity index (χ2v) is 5.96. The van der Waals surface area contributed by atoms with Crippen LogP contribution in [-0.2, 0) is 4.79 Å². The summed E-state index contributed by atoms with van der Waals surface area (Å²) in [5.41, 5.74) is -0.627. The molecule has 2 rings (SSSR count). The molecule has 0 bridgehead atoms. The Labute approximate surface area is 123 Å². The standard InChI is InChI=1S/C15H18N2O2S/c1-19-12-4-6-13(7-5-12)20-10-14(18)17-15(11-16)8-2-3-9-15/h4-7H,2-3,8-10H2,1H3,(H,17,18). The van der Waals surface area contributed by atoms with E-state index in [4.69, 9.17) is 4.74 Å². The number of nitriles is 1. The first-order chi connectivity index (χ1) is 9.67. The zero-order valence-corrected chi connectivity index (χ0v) is 12.3. The van der Waals surface area contributed by atoms with Crippen LogP contribution in [0.15, 0.2) is 29.2 Å². The van der Waals surface area contributed by atoms with Crippen molar-refractivity contribution >= 4 is 17.7 Å². The van der Waals surface area contributed by atoms with Crippen molar-refractivity contribution in [1.29, 1.82) is 5.26 Å². The van der Waals surface area contributed by atoms with Gasteiger partial charge < -0.3 is 10.1 Å². The smallest absolute Gasteiger partial charge is 0.231 e. The lowest BCUT2D eigenvalue weighted by molar-refractivity contribution is -0.119. The molecular formula is C15H18N2O2S. The normalized spacial score (nSPS) is 16.4. The molecule has 4 nitrogen and oxygen atoms in total. The van der Waals surface area contributed by atoms with E-state index < -0.39 is 5.54 Å². The topological polar surface area (TPSA) is 62.1 Å². The Morgan fingerprint density at radius 1 is 1.40 bits per heavy atom. The zero-order chi connectivity index (χ0) is 14.4. The molecule has 1 aliphatic rings. The highest BCUT2D eigenvalue weighted by Gasteiger charge is 2.35. The molecule has 0 aromatic heterocycles. The number of thioether (sulfide) groups is 1. The number of nitrogens with zero attached hydrogens (tertiary/aromatic N) is 1. The van der Waals surface area contributed by atoms with Crippen molar-refractivity contribution < 1.29 is 9.53 Å². The third kappa shape index (κ3) is 3.67. The quantitative estimate of drug-likeness (QED) is 0.847. The molecule has 20 heavy (non-hydrogen) atoms. The van der Waals surface area contributed by atoms with E-state index in [2.05, 4.69) is 11.4 Å². The highest BCUT2D eigenvalue weighted by atomic mass is 32.2. The number of hydrogen-bond donors (Lipinski definition) is 1. The summed E-state index contributed by atoms with van der Waals surface area (Å²) in [5.74, 6) is 1.05. The second kappa shape index (κ2) is 6.67. The molecule has 0 radical (unpaired) electrons. The molecule has 0 saturated heterocycles. The number of carbonyl (C=O) groups is 1. The van der Waals surface area contributed by atoms with E-state index in [-0.39, 0.29) is 5.91 Å². The van der Waals surface area contributed by atoms with E-state index in [1.807, 2.05) is 24.3 Å². The molecule has 1 aromatic rings. The average molecular weight is 290 g/mol. The Balaban J connectivity index is 1.84. The molecule has 1 aromatic carbocycles. The number of ether oxygens (including phenoxy) is 1. The predicted octanol–water partition coefficient (Wildman–Crippen LogP) is 2.74. The largest absolute Gasteiger partial charge is 0.497 e. The van der Waals surface area contributed by atoms with Crippen LogP contribution in [0.25, 0.3) is 0 Å². The lowest BCUT2D eigenvalue weighted by Gasteiger charge is -2.21. The van der Waals surface area contributed by atoms with Crippen LogP contribution in [0, 0.1) is 11.3 Å². The minimum atomic E-state index is -0.627. The van der Waals surface area contributed by atoms with Crippen LogP contribution in [0.4, 0.5) is 0 Å². The maximum atomic E-state index is 12.0. The van der Waals surface area contributed by atoms with Crippen LogP contribution < -0.4 is 10.1 Å². The molecule has 0 spiro atoms. The van der Waals surface area contributed by atoms with E-state index in [0.717, 1.165) is 36.3 Å². The van der Waals surface area contributed by atoms with E-state index >= 15 is 0 Å². The van der Waals surface area contributed by atoms with Gasteiger partial charge in [-0.1, -0.05) is 0 Å². The second-order valence-electron chi connectivity index (χ2n) is 4.91. The summed E-state index contributed by atoms with van der Waals surface area (Å²) in [6, 6.07) is 9.85. The third-order valence-corrected chi connectivity index (χ3v) is 4.49. The van der Waals surface area contributed by atoms with Crippen LogP contribution in [0.1, 0.15) is 25.7 Å². The summed E-state index contributed by atoms with van der Waals surface area (Å²) < 4.78 is 5.09. The zero-order valence-electron chi connectivity index (χ0n) is 11.5. The summed E-state index contributed by atoms with van der Waals surface area (Å²) in [5, 5.41) is 12.1. The number of methoxy groups -OCH3 is 1. The SMILES string of the molecule is COc1ccc(SCC(=O)NC2(C#N)CCCC2)cc1. The van der Waals surface area contributed by atoms with Gasteiger partial charge in [0.15, 0.2) is 0 Å². The van der Waals surface area contributed by atoms with Crippen molar-refractivity contribution in [2.75, 3.05) is 12.9 Å². The fraction of sp³-hybridized carbons (Fsp3) is 0.467. The average Bonchev–Trinajstić information content (AvgIpc) is 2.95. The highest BCUT2D eigenvalue weighted by molar-refractivity contribution is 8.00. The molecule has 0 heterocycles. The monoisotopic (exact) mass is 290 g/mol. The number of hydrogen-bond acceptors (Lipinski definition) is 4. The Morgan fingerprint density at radius 3 is 2.60 bits per heavy atom. The van der Waals surface area contributed by atoms with Crippen molar-refractivity contribution in [1.82, 2.24) is 5.32 Å².